The van der Waals surface area contributed by atoms with Gasteiger partial charge in [-0.25, -0.2) is 9.97 Å². The lowest BCUT2D eigenvalue weighted by atomic mass is 10.1. The van der Waals surface area contributed by atoms with Gasteiger partial charge in [0.25, 0.3) is 0 Å². The van der Waals surface area contributed by atoms with E-state index in [4.69, 9.17) is 32.4 Å². The average Bonchev–Trinajstić information content (AvgIpc) is 3.02. The zero-order valence-electron chi connectivity index (χ0n) is 13.8. The molecule has 0 aliphatic carbocycles. The highest BCUT2D eigenvalue weighted by Gasteiger charge is 2.14. The van der Waals surface area contributed by atoms with E-state index in [1.54, 1.807) is 19.2 Å². The Labute approximate surface area is 150 Å². The van der Waals surface area contributed by atoms with Crippen LogP contribution in [-0.2, 0) is 19.3 Å². The molecule has 0 unspecified atom stereocenters. The van der Waals surface area contributed by atoms with E-state index < -0.39 is 0 Å². The molecule has 0 aliphatic heterocycles. The zero-order valence-corrected chi connectivity index (χ0v) is 15.3. The van der Waals surface area contributed by atoms with Crippen LogP contribution in [0.4, 0.5) is 0 Å². The normalized spacial score (nSPS) is 11.2. The lowest BCUT2D eigenvalue weighted by Gasteiger charge is -2.11. The van der Waals surface area contributed by atoms with Crippen LogP contribution in [0.2, 0.25) is 10.0 Å². The Kier molecular flexibility index (Phi) is 4.97. The average molecular weight is 365 g/mol. The predicted molar refractivity (Wildman–Crippen MR) is 96.3 cm³/mol. The molecule has 126 valence electrons. The predicted octanol–water partition coefficient (Wildman–Crippen LogP) is 5.19. The Morgan fingerprint density at radius 1 is 1.08 bits per heavy atom. The fraction of sp³-hybridized carbons (Fsp3) is 0.333. The molecule has 3 rings (SSSR count). The van der Waals surface area contributed by atoms with E-state index in [2.05, 4.69) is 23.0 Å². The van der Waals surface area contributed by atoms with Gasteiger partial charge in [-0.2, -0.15) is 0 Å². The Bertz CT molecular complexity index is 851. The summed E-state index contributed by atoms with van der Waals surface area (Å²) < 4.78 is 11.2. The van der Waals surface area contributed by atoms with Crippen molar-refractivity contribution in [3.05, 3.63) is 51.0 Å². The first-order valence-corrected chi connectivity index (χ1v) is 8.55. The first-order chi connectivity index (χ1) is 11.5. The first kappa shape index (κ1) is 17.1. The molecule has 2 aromatic heterocycles. The van der Waals surface area contributed by atoms with E-state index in [-0.39, 0.29) is 0 Å². The summed E-state index contributed by atoms with van der Waals surface area (Å²) in [5, 5.41) is 1.04. The number of halogens is 2. The van der Waals surface area contributed by atoms with Gasteiger partial charge in [-0.1, -0.05) is 30.1 Å². The van der Waals surface area contributed by atoms with Gasteiger partial charge < -0.3 is 9.15 Å². The monoisotopic (exact) mass is 364 g/mol. The minimum absolute atomic E-state index is 0.510. The number of nitrogens with zero attached hydrogens (tertiary/aromatic N) is 2. The number of rotatable bonds is 5. The number of methoxy groups -OCH3 is 1. The fourth-order valence-corrected chi connectivity index (χ4v) is 3.11. The van der Waals surface area contributed by atoms with Gasteiger partial charge >= 0.3 is 0 Å². The van der Waals surface area contributed by atoms with Crippen molar-refractivity contribution in [1.82, 2.24) is 9.97 Å². The number of oxazole rings is 1. The third-order valence-corrected chi connectivity index (χ3v) is 4.63. The third kappa shape index (κ3) is 3.21. The maximum absolute atomic E-state index is 6.15. The Morgan fingerprint density at radius 3 is 2.50 bits per heavy atom. The van der Waals surface area contributed by atoms with Crippen LogP contribution in [0.3, 0.4) is 0 Å². The summed E-state index contributed by atoms with van der Waals surface area (Å²) >= 11 is 12.3. The highest BCUT2D eigenvalue weighted by atomic mass is 35.5. The molecule has 24 heavy (non-hydrogen) atoms. The second-order valence-corrected chi connectivity index (χ2v) is 6.38. The van der Waals surface area contributed by atoms with Crippen molar-refractivity contribution < 1.29 is 9.15 Å². The van der Waals surface area contributed by atoms with Gasteiger partial charge in [0.2, 0.25) is 5.88 Å². The van der Waals surface area contributed by atoms with Gasteiger partial charge in [0.15, 0.2) is 11.5 Å². The molecule has 6 heteroatoms. The van der Waals surface area contributed by atoms with Crippen LogP contribution in [0, 0.1) is 6.92 Å². The van der Waals surface area contributed by atoms with Crippen molar-refractivity contribution in [2.45, 2.75) is 33.1 Å². The van der Waals surface area contributed by atoms with Crippen molar-refractivity contribution in [3.63, 3.8) is 0 Å². The number of hydrogen-bond acceptors (Lipinski definition) is 4. The van der Waals surface area contributed by atoms with E-state index in [9.17, 15) is 0 Å². The van der Waals surface area contributed by atoms with Crippen LogP contribution >= 0.6 is 23.2 Å². The van der Waals surface area contributed by atoms with Crippen molar-refractivity contribution in [3.8, 4) is 5.88 Å². The van der Waals surface area contributed by atoms with Crippen LogP contribution < -0.4 is 4.74 Å². The van der Waals surface area contributed by atoms with Crippen molar-refractivity contribution in [2.24, 2.45) is 0 Å². The zero-order chi connectivity index (χ0) is 17.3. The van der Waals surface area contributed by atoms with E-state index in [0.29, 0.717) is 45.8 Å². The number of pyridine rings is 1. The van der Waals surface area contributed by atoms with Crippen LogP contribution in [0.5, 0.6) is 5.88 Å². The molecule has 0 radical (unpaired) electrons. The third-order valence-electron chi connectivity index (χ3n) is 4.03. The van der Waals surface area contributed by atoms with Crippen molar-refractivity contribution in [2.75, 3.05) is 7.11 Å². The second-order valence-electron chi connectivity index (χ2n) is 5.57. The summed E-state index contributed by atoms with van der Waals surface area (Å²) in [7, 11) is 1.63. The molecular formula is C18H18Cl2N2O2. The minimum atomic E-state index is 0.510. The van der Waals surface area contributed by atoms with E-state index >= 15 is 0 Å². The molecule has 0 N–H and O–H groups in total. The summed E-state index contributed by atoms with van der Waals surface area (Å²) in [6, 6.07) is 5.57. The smallest absolute Gasteiger partial charge is 0.216 e. The molecule has 0 fully saturated rings. The number of aromatic nitrogens is 2. The van der Waals surface area contributed by atoms with Gasteiger partial charge in [0.05, 0.1) is 17.2 Å². The van der Waals surface area contributed by atoms with E-state index in [0.717, 1.165) is 17.7 Å². The number of hydrogen-bond donors (Lipinski definition) is 0. The maximum atomic E-state index is 6.15. The second kappa shape index (κ2) is 6.99. The van der Waals surface area contributed by atoms with Crippen LogP contribution in [0.15, 0.2) is 22.6 Å². The van der Waals surface area contributed by atoms with Gasteiger partial charge in [-0.15, -0.1) is 0 Å². The summed E-state index contributed by atoms with van der Waals surface area (Å²) in [5.74, 6) is 1.25. The SMILES string of the molecule is CCc1cc(CCc2nc3c(Cl)ccc(Cl)c3o2)c(OC)nc1C. The Morgan fingerprint density at radius 2 is 1.83 bits per heavy atom. The van der Waals surface area contributed by atoms with E-state index in [1.165, 1.54) is 5.56 Å². The number of fused-ring (bicyclic) bond motifs is 1. The standard InChI is InChI=1S/C18H18Cl2N2O2/c1-4-11-9-12(18(23-3)21-10(11)2)5-8-15-22-16-13(19)6-7-14(20)17(16)24-15/h6-7,9H,4-5,8H2,1-3H3. The molecule has 0 atom stereocenters. The summed E-state index contributed by atoms with van der Waals surface area (Å²) in [6.07, 6.45) is 2.26. The van der Waals surface area contributed by atoms with Gasteiger partial charge in [-0.3, -0.25) is 0 Å². The molecular weight excluding hydrogens is 347 g/mol. The molecule has 0 bridgehead atoms. The molecule has 4 nitrogen and oxygen atoms in total. The minimum Gasteiger partial charge on any atom is -0.481 e. The number of ether oxygens (including phenoxy) is 1. The first-order valence-electron chi connectivity index (χ1n) is 7.80. The topological polar surface area (TPSA) is 48.2 Å². The largest absolute Gasteiger partial charge is 0.481 e. The summed E-state index contributed by atoms with van der Waals surface area (Å²) in [4.78, 5) is 8.99. The molecule has 3 aromatic rings. The highest BCUT2D eigenvalue weighted by molar-refractivity contribution is 6.39. The molecule has 0 amide bonds. The summed E-state index contributed by atoms with van der Waals surface area (Å²) in [6.45, 7) is 4.11. The van der Waals surface area contributed by atoms with Crippen LogP contribution in [0.1, 0.15) is 29.6 Å². The Hall–Kier alpha value is -1.78. The van der Waals surface area contributed by atoms with Crippen molar-refractivity contribution in [1.29, 1.82) is 0 Å². The van der Waals surface area contributed by atoms with Gasteiger partial charge in [-0.05, 0) is 43.5 Å². The molecule has 0 saturated carbocycles. The summed E-state index contributed by atoms with van der Waals surface area (Å²) in [5.41, 5.74) is 4.39. The lowest BCUT2D eigenvalue weighted by Crippen LogP contribution is -2.02. The number of aryl methyl sites for hydroxylation is 4. The van der Waals surface area contributed by atoms with Gasteiger partial charge in [0.1, 0.15) is 5.52 Å². The maximum Gasteiger partial charge on any atom is 0.216 e. The molecule has 1 aromatic carbocycles. The quantitative estimate of drug-likeness (QED) is 0.624. The molecule has 2 heterocycles. The Balaban J connectivity index is 1.88. The molecule has 0 spiro atoms. The molecule has 0 saturated heterocycles. The lowest BCUT2D eigenvalue weighted by molar-refractivity contribution is 0.390. The van der Waals surface area contributed by atoms with Crippen molar-refractivity contribution >= 4 is 34.3 Å². The highest BCUT2D eigenvalue weighted by Crippen LogP contribution is 2.30. The van der Waals surface area contributed by atoms with Crippen LogP contribution in [0.25, 0.3) is 11.1 Å². The van der Waals surface area contributed by atoms with Crippen LogP contribution in [-0.4, -0.2) is 17.1 Å². The number of benzene rings is 1. The van der Waals surface area contributed by atoms with Gasteiger partial charge in [0, 0.05) is 17.7 Å². The molecule has 0 aliphatic rings. The van der Waals surface area contributed by atoms with E-state index in [1.807, 2.05) is 6.92 Å². The fourth-order valence-electron chi connectivity index (χ4n) is 2.72.